The third-order valence-electron chi connectivity index (χ3n) is 4.38. The predicted molar refractivity (Wildman–Crippen MR) is 98.7 cm³/mol. The Balaban J connectivity index is 1.50. The number of fused-ring (bicyclic) bond motifs is 2. The molecule has 5 nitrogen and oxygen atoms in total. The maximum atomic E-state index is 6.00. The molecule has 0 aliphatic carbocycles. The van der Waals surface area contributed by atoms with Gasteiger partial charge >= 0.3 is 0 Å². The lowest BCUT2D eigenvalue weighted by atomic mass is 10.0. The first-order valence-corrected chi connectivity index (χ1v) is 8.07. The molecule has 2 heterocycles. The number of anilines is 2. The van der Waals surface area contributed by atoms with Gasteiger partial charge in [0.15, 0.2) is 0 Å². The zero-order valence-corrected chi connectivity index (χ0v) is 13.3. The van der Waals surface area contributed by atoms with Crippen LogP contribution in [0.2, 0.25) is 0 Å². The molecule has 4 rings (SSSR count). The van der Waals surface area contributed by atoms with Gasteiger partial charge in [0.05, 0.1) is 5.39 Å². The van der Waals surface area contributed by atoms with Gasteiger partial charge in [-0.25, -0.2) is 0 Å². The van der Waals surface area contributed by atoms with Crippen molar-refractivity contribution in [2.24, 2.45) is 0 Å². The normalized spacial score (nSPS) is 11.3. The lowest BCUT2D eigenvalue weighted by Gasteiger charge is -2.05. The SMILES string of the molecule is Nc1nc(N)c2c(CCCc3ccc4ccccc4c3)c[nH]c2n1. The minimum atomic E-state index is 0.199. The predicted octanol–water partition coefficient (Wildman–Crippen LogP) is 3.45. The quantitative estimate of drug-likeness (QED) is 0.537. The number of aromatic nitrogens is 3. The molecular formula is C19H19N5. The molecule has 5 heteroatoms. The van der Waals surface area contributed by atoms with Gasteiger partial charge in [-0.3, -0.25) is 0 Å². The van der Waals surface area contributed by atoms with Gasteiger partial charge in [0.1, 0.15) is 11.5 Å². The number of H-pyrrole nitrogens is 1. The monoisotopic (exact) mass is 317 g/mol. The molecule has 0 atom stereocenters. The summed E-state index contributed by atoms with van der Waals surface area (Å²) in [6.07, 6.45) is 4.93. The number of nitrogens with two attached hydrogens (primary N) is 2. The molecule has 0 spiro atoms. The number of aromatic amines is 1. The van der Waals surface area contributed by atoms with E-state index in [0.29, 0.717) is 11.5 Å². The van der Waals surface area contributed by atoms with Crippen molar-refractivity contribution in [1.82, 2.24) is 15.0 Å². The molecule has 0 saturated heterocycles. The summed E-state index contributed by atoms with van der Waals surface area (Å²) in [5, 5.41) is 3.46. The van der Waals surface area contributed by atoms with Crippen molar-refractivity contribution in [1.29, 1.82) is 0 Å². The topological polar surface area (TPSA) is 93.6 Å². The number of nitrogens with zero attached hydrogens (tertiary/aromatic N) is 2. The van der Waals surface area contributed by atoms with E-state index in [4.69, 9.17) is 11.5 Å². The first-order valence-electron chi connectivity index (χ1n) is 8.07. The second-order valence-corrected chi connectivity index (χ2v) is 6.04. The van der Waals surface area contributed by atoms with E-state index in [-0.39, 0.29) is 5.95 Å². The molecule has 4 aromatic rings. The summed E-state index contributed by atoms with van der Waals surface area (Å²) in [4.78, 5) is 11.4. The lowest BCUT2D eigenvalue weighted by molar-refractivity contribution is 0.826. The van der Waals surface area contributed by atoms with Gasteiger partial charge in [-0.05, 0) is 41.2 Å². The van der Waals surface area contributed by atoms with Crippen LogP contribution in [0.4, 0.5) is 11.8 Å². The van der Waals surface area contributed by atoms with Crippen LogP contribution in [-0.4, -0.2) is 15.0 Å². The fourth-order valence-corrected chi connectivity index (χ4v) is 3.22. The zero-order chi connectivity index (χ0) is 16.5. The van der Waals surface area contributed by atoms with Crippen LogP contribution < -0.4 is 11.5 Å². The van der Waals surface area contributed by atoms with E-state index in [1.165, 1.54) is 16.3 Å². The first kappa shape index (κ1) is 14.5. The highest BCUT2D eigenvalue weighted by atomic mass is 15.1. The molecule has 0 aliphatic rings. The third kappa shape index (κ3) is 2.65. The van der Waals surface area contributed by atoms with Gasteiger partial charge in [-0.1, -0.05) is 42.5 Å². The molecule has 0 radical (unpaired) electrons. The summed E-state index contributed by atoms with van der Waals surface area (Å²) in [6, 6.07) is 15.1. The Morgan fingerprint density at radius 2 is 1.75 bits per heavy atom. The van der Waals surface area contributed by atoms with Crippen molar-refractivity contribution in [3.05, 3.63) is 59.8 Å². The molecular weight excluding hydrogens is 298 g/mol. The van der Waals surface area contributed by atoms with E-state index in [1.807, 2.05) is 6.20 Å². The fraction of sp³-hybridized carbons (Fsp3) is 0.158. The van der Waals surface area contributed by atoms with Crippen LogP contribution in [-0.2, 0) is 12.8 Å². The maximum Gasteiger partial charge on any atom is 0.223 e. The van der Waals surface area contributed by atoms with E-state index >= 15 is 0 Å². The number of aryl methyl sites for hydroxylation is 2. The average molecular weight is 317 g/mol. The molecule has 0 amide bonds. The van der Waals surface area contributed by atoms with E-state index < -0.39 is 0 Å². The zero-order valence-electron chi connectivity index (χ0n) is 13.3. The number of rotatable bonds is 4. The van der Waals surface area contributed by atoms with Crippen molar-refractivity contribution < 1.29 is 0 Å². The Labute approximate surface area is 139 Å². The van der Waals surface area contributed by atoms with Crippen LogP contribution >= 0.6 is 0 Å². The second kappa shape index (κ2) is 5.85. The van der Waals surface area contributed by atoms with Crippen LogP contribution in [0.1, 0.15) is 17.5 Å². The molecule has 0 bridgehead atoms. The van der Waals surface area contributed by atoms with Gasteiger partial charge in [0, 0.05) is 6.20 Å². The molecule has 5 N–H and O–H groups in total. The van der Waals surface area contributed by atoms with Crippen LogP contribution in [0.3, 0.4) is 0 Å². The lowest BCUT2D eigenvalue weighted by Crippen LogP contribution is -2.00. The highest BCUT2D eigenvalue weighted by Gasteiger charge is 2.10. The molecule has 2 aromatic heterocycles. The minimum Gasteiger partial charge on any atom is -0.383 e. The van der Waals surface area contributed by atoms with Crippen LogP contribution in [0.25, 0.3) is 21.8 Å². The summed E-state index contributed by atoms with van der Waals surface area (Å²) in [5.41, 5.74) is 14.8. The molecule has 24 heavy (non-hydrogen) atoms. The smallest absolute Gasteiger partial charge is 0.223 e. The van der Waals surface area contributed by atoms with Crippen LogP contribution in [0.15, 0.2) is 48.7 Å². The van der Waals surface area contributed by atoms with E-state index in [9.17, 15) is 0 Å². The Morgan fingerprint density at radius 3 is 2.62 bits per heavy atom. The molecule has 120 valence electrons. The van der Waals surface area contributed by atoms with Gasteiger partial charge in [0.2, 0.25) is 5.95 Å². The van der Waals surface area contributed by atoms with Crippen molar-refractivity contribution in [2.45, 2.75) is 19.3 Å². The Bertz CT molecular complexity index is 1020. The number of hydrogen-bond acceptors (Lipinski definition) is 4. The summed E-state index contributed by atoms with van der Waals surface area (Å²) in [5.74, 6) is 0.643. The molecule has 2 aromatic carbocycles. The van der Waals surface area contributed by atoms with Gasteiger partial charge in [0.25, 0.3) is 0 Å². The van der Waals surface area contributed by atoms with Crippen molar-refractivity contribution in [2.75, 3.05) is 11.5 Å². The van der Waals surface area contributed by atoms with Crippen molar-refractivity contribution in [3.8, 4) is 0 Å². The summed E-state index contributed by atoms with van der Waals surface area (Å²) in [6.45, 7) is 0. The highest BCUT2D eigenvalue weighted by molar-refractivity contribution is 5.90. The molecule has 0 saturated carbocycles. The standard InChI is InChI=1S/C19H19N5/c20-17-16-15(11-22-18(16)24-19(21)23-17)7-3-4-12-8-9-13-5-1-2-6-14(13)10-12/h1-2,5-6,8-11H,3-4,7H2,(H5,20,21,22,23,24). The third-order valence-corrected chi connectivity index (χ3v) is 4.38. The number of benzene rings is 2. The Hall–Kier alpha value is -3.08. The van der Waals surface area contributed by atoms with E-state index in [0.717, 1.165) is 30.2 Å². The second-order valence-electron chi connectivity index (χ2n) is 6.04. The molecule has 0 fully saturated rings. The Morgan fingerprint density at radius 1 is 0.917 bits per heavy atom. The van der Waals surface area contributed by atoms with Crippen molar-refractivity contribution >= 4 is 33.6 Å². The van der Waals surface area contributed by atoms with Crippen LogP contribution in [0.5, 0.6) is 0 Å². The molecule has 0 aliphatic heterocycles. The van der Waals surface area contributed by atoms with E-state index in [2.05, 4.69) is 57.4 Å². The largest absolute Gasteiger partial charge is 0.383 e. The number of nitrogens with one attached hydrogen (secondary N) is 1. The fourth-order valence-electron chi connectivity index (χ4n) is 3.22. The molecule has 0 unspecified atom stereocenters. The maximum absolute atomic E-state index is 6.00. The summed E-state index contributed by atoms with van der Waals surface area (Å²) < 4.78 is 0. The number of nitrogen functional groups attached to an aromatic ring is 2. The van der Waals surface area contributed by atoms with Gasteiger partial charge < -0.3 is 16.5 Å². The Kier molecular flexibility index (Phi) is 3.54. The van der Waals surface area contributed by atoms with Gasteiger partial charge in [-0.15, -0.1) is 0 Å². The minimum absolute atomic E-state index is 0.199. The van der Waals surface area contributed by atoms with Gasteiger partial charge in [-0.2, -0.15) is 9.97 Å². The summed E-state index contributed by atoms with van der Waals surface area (Å²) >= 11 is 0. The first-order chi connectivity index (χ1) is 11.7. The number of hydrogen-bond donors (Lipinski definition) is 3. The summed E-state index contributed by atoms with van der Waals surface area (Å²) in [7, 11) is 0. The van der Waals surface area contributed by atoms with E-state index in [1.54, 1.807) is 0 Å². The average Bonchev–Trinajstić information content (AvgIpc) is 2.98. The highest BCUT2D eigenvalue weighted by Crippen LogP contribution is 2.24. The van der Waals surface area contributed by atoms with Crippen LogP contribution in [0, 0.1) is 0 Å². The van der Waals surface area contributed by atoms with Crippen molar-refractivity contribution in [3.63, 3.8) is 0 Å².